The summed E-state index contributed by atoms with van der Waals surface area (Å²) in [5.74, 6) is 1.57. The maximum Gasteiger partial charge on any atom is 0.258 e. The van der Waals surface area contributed by atoms with E-state index >= 15 is 0 Å². The van der Waals surface area contributed by atoms with Crippen LogP contribution in [0.5, 0.6) is 5.75 Å². The van der Waals surface area contributed by atoms with Gasteiger partial charge in [0.2, 0.25) is 11.7 Å². The van der Waals surface area contributed by atoms with Crippen molar-refractivity contribution in [3.8, 4) is 28.6 Å². The fourth-order valence-electron chi connectivity index (χ4n) is 3.19. The molecule has 0 saturated heterocycles. The summed E-state index contributed by atoms with van der Waals surface area (Å²) in [4.78, 5) is 16.9. The number of nitrogens with one attached hydrogen (secondary N) is 1. The van der Waals surface area contributed by atoms with E-state index < -0.39 is 0 Å². The summed E-state index contributed by atoms with van der Waals surface area (Å²) in [6.07, 6.45) is 0.233. The summed E-state index contributed by atoms with van der Waals surface area (Å²) < 4.78 is 10.7. The number of amides is 1. The van der Waals surface area contributed by atoms with Crippen LogP contribution in [0.3, 0.4) is 0 Å². The Kier molecular flexibility index (Phi) is 5.57. The van der Waals surface area contributed by atoms with Gasteiger partial charge in [0, 0.05) is 22.4 Å². The minimum absolute atomic E-state index is 0.117. The zero-order valence-electron chi connectivity index (χ0n) is 16.8. The molecule has 0 unspecified atom stereocenters. The number of nitrogens with zero attached hydrogens (tertiary/aromatic N) is 2. The van der Waals surface area contributed by atoms with Crippen molar-refractivity contribution >= 4 is 11.6 Å². The van der Waals surface area contributed by atoms with Crippen LogP contribution in [0.25, 0.3) is 22.8 Å². The molecular formula is C24H21N3O3. The predicted molar refractivity (Wildman–Crippen MR) is 115 cm³/mol. The number of hydrogen-bond acceptors (Lipinski definition) is 5. The number of ether oxygens (including phenoxy) is 1. The Labute approximate surface area is 174 Å². The standard InChI is InChI=1S/C24H21N3O3/c1-16-7-3-5-9-20(16)24-26-23(27-30-24)17-11-13-19(14-12-17)25-22(28)15-18-8-4-6-10-21(18)29-2/h3-14H,15H2,1-2H3,(H,25,28). The third-order valence-electron chi connectivity index (χ3n) is 4.77. The van der Waals surface area contributed by atoms with Crippen molar-refractivity contribution < 1.29 is 14.1 Å². The SMILES string of the molecule is COc1ccccc1CC(=O)Nc1ccc(-c2noc(-c3ccccc3C)n2)cc1. The molecule has 3 aromatic carbocycles. The predicted octanol–water partition coefficient (Wildman–Crippen LogP) is 4.90. The van der Waals surface area contributed by atoms with Gasteiger partial charge in [-0.25, -0.2) is 0 Å². The molecule has 0 bridgehead atoms. The molecule has 0 aliphatic carbocycles. The quantitative estimate of drug-likeness (QED) is 0.499. The molecule has 0 spiro atoms. The zero-order valence-corrected chi connectivity index (χ0v) is 16.8. The highest BCUT2D eigenvalue weighted by atomic mass is 16.5. The molecule has 1 N–H and O–H groups in total. The van der Waals surface area contributed by atoms with Crippen LogP contribution in [0.2, 0.25) is 0 Å². The van der Waals surface area contributed by atoms with E-state index in [-0.39, 0.29) is 12.3 Å². The van der Waals surface area contributed by atoms with Crippen molar-refractivity contribution in [1.29, 1.82) is 0 Å². The summed E-state index contributed by atoms with van der Waals surface area (Å²) in [6, 6.07) is 22.7. The van der Waals surface area contributed by atoms with Crippen molar-refractivity contribution in [3.63, 3.8) is 0 Å². The second-order valence-corrected chi connectivity index (χ2v) is 6.85. The first-order valence-corrected chi connectivity index (χ1v) is 9.56. The topological polar surface area (TPSA) is 77.2 Å². The Morgan fingerprint density at radius 1 is 1.00 bits per heavy atom. The van der Waals surface area contributed by atoms with E-state index in [1.54, 1.807) is 7.11 Å². The molecule has 6 heteroatoms. The Hall–Kier alpha value is -3.93. The number of carbonyl (C=O) groups excluding carboxylic acids is 1. The average molecular weight is 399 g/mol. The van der Waals surface area contributed by atoms with Crippen LogP contribution in [0.4, 0.5) is 5.69 Å². The third-order valence-corrected chi connectivity index (χ3v) is 4.77. The summed E-state index contributed by atoms with van der Waals surface area (Å²) >= 11 is 0. The van der Waals surface area contributed by atoms with Gasteiger partial charge in [-0.1, -0.05) is 41.6 Å². The molecule has 0 fully saturated rings. The van der Waals surface area contributed by atoms with Crippen molar-refractivity contribution in [1.82, 2.24) is 10.1 Å². The average Bonchev–Trinajstić information content (AvgIpc) is 3.25. The van der Waals surface area contributed by atoms with Gasteiger partial charge in [0.15, 0.2) is 0 Å². The fraction of sp³-hybridized carbons (Fsp3) is 0.125. The van der Waals surface area contributed by atoms with Gasteiger partial charge in [0.25, 0.3) is 5.89 Å². The fourth-order valence-corrected chi connectivity index (χ4v) is 3.19. The number of aromatic nitrogens is 2. The molecule has 4 rings (SSSR count). The lowest BCUT2D eigenvalue weighted by atomic mass is 10.1. The number of hydrogen-bond donors (Lipinski definition) is 1. The van der Waals surface area contributed by atoms with E-state index in [4.69, 9.17) is 9.26 Å². The second kappa shape index (κ2) is 8.61. The smallest absolute Gasteiger partial charge is 0.258 e. The highest BCUT2D eigenvalue weighted by Crippen LogP contribution is 2.25. The number of carbonyl (C=O) groups is 1. The van der Waals surface area contributed by atoms with Crippen LogP contribution in [-0.2, 0) is 11.2 Å². The maximum atomic E-state index is 12.4. The Bertz CT molecular complexity index is 1170. The van der Waals surface area contributed by atoms with Crippen molar-refractivity contribution in [2.75, 3.05) is 12.4 Å². The third kappa shape index (κ3) is 4.22. The minimum Gasteiger partial charge on any atom is -0.496 e. The molecule has 0 aliphatic heterocycles. The normalized spacial score (nSPS) is 10.6. The largest absolute Gasteiger partial charge is 0.496 e. The second-order valence-electron chi connectivity index (χ2n) is 6.85. The van der Waals surface area contributed by atoms with Gasteiger partial charge >= 0.3 is 0 Å². The van der Waals surface area contributed by atoms with Gasteiger partial charge in [0.05, 0.1) is 13.5 Å². The number of para-hydroxylation sites is 1. The first kappa shape index (κ1) is 19.4. The molecule has 0 saturated carbocycles. The molecule has 0 radical (unpaired) electrons. The van der Waals surface area contributed by atoms with E-state index in [1.165, 1.54) is 0 Å². The van der Waals surface area contributed by atoms with Gasteiger partial charge in [-0.3, -0.25) is 4.79 Å². The van der Waals surface area contributed by atoms with Crippen LogP contribution >= 0.6 is 0 Å². The van der Waals surface area contributed by atoms with E-state index in [9.17, 15) is 4.79 Å². The molecule has 0 aliphatic rings. The molecule has 4 aromatic rings. The summed E-state index contributed by atoms with van der Waals surface area (Å²) in [5, 5.41) is 6.98. The Balaban J connectivity index is 1.45. The number of aryl methyl sites for hydroxylation is 1. The van der Waals surface area contributed by atoms with Gasteiger partial charge in [-0.15, -0.1) is 0 Å². The van der Waals surface area contributed by atoms with Crippen LogP contribution in [0.15, 0.2) is 77.3 Å². The van der Waals surface area contributed by atoms with Gasteiger partial charge in [-0.05, 0) is 48.9 Å². The molecule has 1 aromatic heterocycles. The summed E-state index contributed by atoms with van der Waals surface area (Å²) in [5.41, 5.74) is 4.32. The van der Waals surface area contributed by atoms with Crippen LogP contribution in [0.1, 0.15) is 11.1 Å². The monoisotopic (exact) mass is 399 g/mol. The summed E-state index contributed by atoms with van der Waals surface area (Å²) in [7, 11) is 1.60. The van der Waals surface area contributed by atoms with E-state index in [0.717, 1.165) is 22.3 Å². The van der Waals surface area contributed by atoms with E-state index in [2.05, 4.69) is 15.5 Å². The highest BCUT2D eigenvalue weighted by Gasteiger charge is 2.13. The van der Waals surface area contributed by atoms with Crippen molar-refractivity contribution in [3.05, 3.63) is 83.9 Å². The Morgan fingerprint density at radius 2 is 1.73 bits per heavy atom. The lowest BCUT2D eigenvalue weighted by Gasteiger charge is -2.09. The zero-order chi connectivity index (χ0) is 20.9. The summed E-state index contributed by atoms with van der Waals surface area (Å²) in [6.45, 7) is 2.00. The van der Waals surface area contributed by atoms with Crippen LogP contribution < -0.4 is 10.1 Å². The van der Waals surface area contributed by atoms with Crippen LogP contribution in [0, 0.1) is 6.92 Å². The van der Waals surface area contributed by atoms with E-state index in [1.807, 2.05) is 79.7 Å². The number of benzene rings is 3. The highest BCUT2D eigenvalue weighted by molar-refractivity contribution is 5.92. The number of anilines is 1. The molecular weight excluding hydrogens is 378 g/mol. The molecule has 6 nitrogen and oxygen atoms in total. The van der Waals surface area contributed by atoms with Crippen LogP contribution in [-0.4, -0.2) is 23.2 Å². The van der Waals surface area contributed by atoms with Gasteiger partial charge in [-0.2, -0.15) is 4.98 Å². The van der Waals surface area contributed by atoms with Crippen molar-refractivity contribution in [2.24, 2.45) is 0 Å². The Morgan fingerprint density at radius 3 is 2.50 bits per heavy atom. The molecule has 150 valence electrons. The first-order chi connectivity index (χ1) is 14.6. The maximum absolute atomic E-state index is 12.4. The molecule has 30 heavy (non-hydrogen) atoms. The first-order valence-electron chi connectivity index (χ1n) is 9.56. The van der Waals surface area contributed by atoms with Gasteiger partial charge in [0.1, 0.15) is 5.75 Å². The molecule has 1 heterocycles. The lowest BCUT2D eigenvalue weighted by molar-refractivity contribution is -0.115. The molecule has 0 atom stereocenters. The molecule has 1 amide bonds. The van der Waals surface area contributed by atoms with Crippen molar-refractivity contribution in [2.45, 2.75) is 13.3 Å². The van der Waals surface area contributed by atoms with Gasteiger partial charge < -0.3 is 14.6 Å². The number of rotatable bonds is 6. The van der Waals surface area contributed by atoms with E-state index in [0.29, 0.717) is 23.2 Å². The minimum atomic E-state index is -0.117. The lowest BCUT2D eigenvalue weighted by Crippen LogP contribution is -2.14. The number of methoxy groups -OCH3 is 1.